The lowest BCUT2D eigenvalue weighted by atomic mass is 10.2. The van der Waals surface area contributed by atoms with Gasteiger partial charge in [-0.05, 0) is 12.1 Å². The Kier molecular flexibility index (Phi) is 4.48. The highest BCUT2D eigenvalue weighted by Crippen LogP contribution is 2.19. The van der Waals surface area contributed by atoms with Gasteiger partial charge in [0.05, 0.1) is 6.54 Å². The van der Waals surface area contributed by atoms with Crippen LogP contribution in [0.15, 0.2) is 28.8 Å². The summed E-state index contributed by atoms with van der Waals surface area (Å²) in [6.45, 7) is 0.158. The molecule has 1 aromatic heterocycles. The first-order chi connectivity index (χ1) is 9.19. The number of halogens is 1. The highest BCUT2D eigenvalue weighted by Gasteiger charge is 2.09. The van der Waals surface area contributed by atoms with Gasteiger partial charge in [-0.15, -0.1) is 0 Å². The van der Waals surface area contributed by atoms with E-state index in [1.54, 1.807) is 18.2 Å². The molecule has 0 aliphatic rings. The molecule has 0 radical (unpaired) electrons. The van der Waals surface area contributed by atoms with E-state index in [2.05, 4.69) is 20.2 Å². The molecule has 0 saturated carbocycles. The van der Waals surface area contributed by atoms with Gasteiger partial charge in [0.15, 0.2) is 0 Å². The van der Waals surface area contributed by atoms with Gasteiger partial charge < -0.3 is 14.6 Å². The highest BCUT2D eigenvalue weighted by molar-refractivity contribution is 6.30. The molecule has 0 atom stereocenters. The van der Waals surface area contributed by atoms with Crippen LogP contribution < -0.4 is 5.32 Å². The van der Waals surface area contributed by atoms with Crippen LogP contribution in [-0.4, -0.2) is 29.8 Å². The predicted octanol–water partition coefficient (Wildman–Crippen LogP) is 1.65. The minimum absolute atomic E-state index is 0.00468. The first kappa shape index (κ1) is 13.5. The van der Waals surface area contributed by atoms with Crippen molar-refractivity contribution in [2.24, 2.45) is 0 Å². The summed E-state index contributed by atoms with van der Waals surface area (Å²) in [4.78, 5) is 15.4. The zero-order valence-corrected chi connectivity index (χ0v) is 11.0. The molecule has 2 aromatic rings. The van der Waals surface area contributed by atoms with Crippen LogP contribution in [0.25, 0.3) is 11.4 Å². The molecular formula is C12H12ClN3O3. The van der Waals surface area contributed by atoms with Crippen molar-refractivity contribution in [2.75, 3.05) is 13.7 Å². The van der Waals surface area contributed by atoms with Crippen LogP contribution in [0, 0.1) is 0 Å². The lowest BCUT2D eigenvalue weighted by molar-refractivity contribution is -0.125. The Balaban J connectivity index is 2.01. The number of carbonyl (C=O) groups is 1. The zero-order chi connectivity index (χ0) is 13.7. The van der Waals surface area contributed by atoms with Gasteiger partial charge >= 0.3 is 0 Å². The Bertz CT molecular complexity index is 571. The molecule has 0 aliphatic carbocycles. The predicted molar refractivity (Wildman–Crippen MR) is 68.5 cm³/mol. The standard InChI is InChI=1S/C12H12ClN3O3/c1-18-7-10(17)14-6-11-15-12(16-19-11)8-3-2-4-9(13)5-8/h2-5H,6-7H2,1H3,(H,14,17). The molecule has 0 aliphatic heterocycles. The van der Waals surface area contributed by atoms with Crippen LogP contribution in [0.5, 0.6) is 0 Å². The average molecular weight is 282 g/mol. The van der Waals surface area contributed by atoms with Crippen molar-refractivity contribution in [3.63, 3.8) is 0 Å². The molecule has 1 N–H and O–H groups in total. The molecule has 7 heteroatoms. The van der Waals surface area contributed by atoms with Crippen LogP contribution in [0.4, 0.5) is 0 Å². The van der Waals surface area contributed by atoms with Gasteiger partial charge in [-0.2, -0.15) is 4.98 Å². The van der Waals surface area contributed by atoms with Gasteiger partial charge in [0.25, 0.3) is 0 Å². The van der Waals surface area contributed by atoms with Crippen molar-refractivity contribution in [1.82, 2.24) is 15.5 Å². The number of aromatic nitrogens is 2. The van der Waals surface area contributed by atoms with Crippen LogP contribution in [-0.2, 0) is 16.1 Å². The third-order valence-electron chi connectivity index (χ3n) is 2.26. The van der Waals surface area contributed by atoms with Gasteiger partial charge in [-0.3, -0.25) is 4.79 Å². The number of nitrogens with one attached hydrogen (secondary N) is 1. The van der Waals surface area contributed by atoms with Gasteiger partial charge in [-0.1, -0.05) is 28.9 Å². The maximum Gasteiger partial charge on any atom is 0.246 e. The van der Waals surface area contributed by atoms with Crippen molar-refractivity contribution in [1.29, 1.82) is 0 Å². The molecule has 0 spiro atoms. The van der Waals surface area contributed by atoms with E-state index in [9.17, 15) is 4.79 Å². The number of benzene rings is 1. The highest BCUT2D eigenvalue weighted by atomic mass is 35.5. The first-order valence-electron chi connectivity index (χ1n) is 5.53. The summed E-state index contributed by atoms with van der Waals surface area (Å²) in [5.41, 5.74) is 0.755. The molecule has 0 fully saturated rings. The summed E-state index contributed by atoms with van der Waals surface area (Å²) in [5.74, 6) is 0.503. The number of nitrogens with zero attached hydrogens (tertiary/aromatic N) is 2. The van der Waals surface area contributed by atoms with Crippen molar-refractivity contribution < 1.29 is 14.1 Å². The molecule has 19 heavy (non-hydrogen) atoms. The fourth-order valence-corrected chi connectivity index (χ4v) is 1.62. The summed E-state index contributed by atoms with van der Waals surface area (Å²) in [6, 6.07) is 7.12. The number of carbonyl (C=O) groups excluding carboxylic acids is 1. The van der Waals surface area contributed by atoms with Gasteiger partial charge in [-0.25, -0.2) is 0 Å². The molecule has 2 rings (SSSR count). The van der Waals surface area contributed by atoms with Crippen molar-refractivity contribution in [2.45, 2.75) is 6.54 Å². The number of rotatable bonds is 5. The molecule has 1 heterocycles. The normalized spacial score (nSPS) is 10.4. The molecule has 0 bridgehead atoms. The van der Waals surface area contributed by atoms with E-state index in [-0.39, 0.29) is 19.1 Å². The summed E-state index contributed by atoms with van der Waals surface area (Å²) < 4.78 is 9.71. The van der Waals surface area contributed by atoms with Gasteiger partial charge in [0.2, 0.25) is 17.6 Å². The number of hydrogen-bond donors (Lipinski definition) is 1. The summed E-state index contributed by atoms with van der Waals surface area (Å²) in [7, 11) is 1.45. The average Bonchev–Trinajstić information content (AvgIpc) is 2.85. The second-order valence-electron chi connectivity index (χ2n) is 3.73. The van der Waals surface area contributed by atoms with E-state index in [0.717, 1.165) is 5.56 Å². The Labute approximate surface area is 114 Å². The lowest BCUT2D eigenvalue weighted by Crippen LogP contribution is -2.26. The Hall–Kier alpha value is -1.92. The van der Waals surface area contributed by atoms with E-state index in [4.69, 9.17) is 16.1 Å². The summed E-state index contributed by atoms with van der Waals surface area (Å²) in [6.07, 6.45) is 0. The first-order valence-corrected chi connectivity index (χ1v) is 5.91. The fraction of sp³-hybridized carbons (Fsp3) is 0.250. The van der Waals surface area contributed by atoms with Crippen LogP contribution in [0.2, 0.25) is 5.02 Å². The smallest absolute Gasteiger partial charge is 0.246 e. The third kappa shape index (κ3) is 3.77. The SMILES string of the molecule is COCC(=O)NCc1nc(-c2cccc(Cl)c2)no1. The monoisotopic (exact) mass is 281 g/mol. The van der Waals surface area contributed by atoms with E-state index < -0.39 is 0 Å². The number of methoxy groups -OCH3 is 1. The quantitative estimate of drug-likeness (QED) is 0.902. The lowest BCUT2D eigenvalue weighted by Gasteiger charge is -1.99. The second-order valence-corrected chi connectivity index (χ2v) is 4.17. The van der Waals surface area contributed by atoms with Crippen molar-refractivity contribution in [3.05, 3.63) is 35.2 Å². The Morgan fingerprint density at radius 2 is 2.37 bits per heavy atom. The molecule has 0 saturated heterocycles. The number of amides is 1. The topological polar surface area (TPSA) is 77.2 Å². The molecule has 100 valence electrons. The van der Waals surface area contributed by atoms with E-state index >= 15 is 0 Å². The van der Waals surface area contributed by atoms with E-state index in [1.807, 2.05) is 6.07 Å². The maximum absolute atomic E-state index is 11.2. The number of hydrogen-bond acceptors (Lipinski definition) is 5. The third-order valence-corrected chi connectivity index (χ3v) is 2.50. The minimum atomic E-state index is -0.245. The molecule has 1 aromatic carbocycles. The van der Waals surface area contributed by atoms with Crippen molar-refractivity contribution in [3.8, 4) is 11.4 Å². The number of ether oxygens (including phenoxy) is 1. The van der Waals surface area contributed by atoms with Crippen LogP contribution >= 0.6 is 11.6 Å². The molecular weight excluding hydrogens is 270 g/mol. The fourth-order valence-electron chi connectivity index (χ4n) is 1.43. The Morgan fingerprint density at radius 1 is 1.53 bits per heavy atom. The summed E-state index contributed by atoms with van der Waals surface area (Å²) in [5, 5.41) is 7.01. The van der Waals surface area contributed by atoms with Gasteiger partial charge in [0, 0.05) is 17.7 Å². The van der Waals surface area contributed by atoms with E-state index in [1.165, 1.54) is 7.11 Å². The minimum Gasteiger partial charge on any atom is -0.375 e. The molecule has 6 nitrogen and oxygen atoms in total. The van der Waals surface area contributed by atoms with Crippen molar-refractivity contribution >= 4 is 17.5 Å². The zero-order valence-electron chi connectivity index (χ0n) is 10.2. The van der Waals surface area contributed by atoms with E-state index in [0.29, 0.717) is 16.7 Å². The van der Waals surface area contributed by atoms with Crippen LogP contribution in [0.1, 0.15) is 5.89 Å². The maximum atomic E-state index is 11.2. The molecule has 1 amide bonds. The largest absolute Gasteiger partial charge is 0.375 e. The van der Waals surface area contributed by atoms with Crippen LogP contribution in [0.3, 0.4) is 0 Å². The summed E-state index contributed by atoms with van der Waals surface area (Å²) >= 11 is 5.88. The van der Waals surface area contributed by atoms with Gasteiger partial charge in [0.1, 0.15) is 6.61 Å². The second kappa shape index (κ2) is 6.31. The molecule has 0 unspecified atom stereocenters. The Morgan fingerprint density at radius 3 is 3.11 bits per heavy atom.